The van der Waals surface area contributed by atoms with Crippen LogP contribution in [0.3, 0.4) is 0 Å². The predicted molar refractivity (Wildman–Crippen MR) is 83.1 cm³/mol. The lowest BCUT2D eigenvalue weighted by molar-refractivity contribution is -0.138. The van der Waals surface area contributed by atoms with Gasteiger partial charge < -0.3 is 15.6 Å². The Kier molecular flexibility index (Phi) is 6.19. The Morgan fingerprint density at radius 1 is 1.36 bits per heavy atom. The van der Waals surface area contributed by atoms with Crippen LogP contribution in [0.1, 0.15) is 49.1 Å². The van der Waals surface area contributed by atoms with Gasteiger partial charge in [0.25, 0.3) is 0 Å². The number of hydrogen-bond acceptors (Lipinski definition) is 3. The zero-order chi connectivity index (χ0) is 15.9. The number of carbonyl (C=O) groups is 1. The van der Waals surface area contributed by atoms with Gasteiger partial charge in [0.15, 0.2) is 0 Å². The van der Waals surface area contributed by atoms with Crippen molar-refractivity contribution in [3.63, 3.8) is 0 Å². The van der Waals surface area contributed by atoms with Gasteiger partial charge in [-0.25, -0.2) is 4.39 Å². The van der Waals surface area contributed by atoms with Crippen molar-refractivity contribution in [2.75, 3.05) is 13.3 Å². The Morgan fingerprint density at radius 3 is 2.73 bits per heavy atom. The highest BCUT2D eigenvalue weighted by Crippen LogP contribution is 2.36. The van der Waals surface area contributed by atoms with Gasteiger partial charge in [0.05, 0.1) is 0 Å². The van der Waals surface area contributed by atoms with Crippen LogP contribution in [0.4, 0.5) is 4.39 Å². The molecule has 0 bridgehead atoms. The van der Waals surface area contributed by atoms with Crippen LogP contribution in [0.2, 0.25) is 0 Å². The first-order valence-corrected chi connectivity index (χ1v) is 7.91. The average molecular weight is 309 g/mol. The summed E-state index contributed by atoms with van der Waals surface area (Å²) in [5.74, 6) is 0.0226. The third kappa shape index (κ3) is 4.44. The van der Waals surface area contributed by atoms with Crippen molar-refractivity contribution in [2.45, 2.75) is 50.5 Å². The molecule has 1 aromatic rings. The number of nitrogens with two attached hydrogens (primary N) is 1. The molecule has 0 aliphatic heterocycles. The summed E-state index contributed by atoms with van der Waals surface area (Å²) in [4.78, 5) is 11.0. The van der Waals surface area contributed by atoms with Crippen LogP contribution < -0.4 is 10.5 Å². The Labute approximate surface area is 130 Å². The van der Waals surface area contributed by atoms with E-state index in [0.29, 0.717) is 11.7 Å². The fraction of sp³-hybridized carbons (Fsp3) is 0.588. The maximum absolute atomic E-state index is 12.2. The van der Waals surface area contributed by atoms with E-state index in [0.717, 1.165) is 18.4 Å². The second-order valence-electron chi connectivity index (χ2n) is 5.88. The maximum atomic E-state index is 12.2. The number of alkyl halides is 1. The lowest BCUT2D eigenvalue weighted by atomic mass is 9.81. The van der Waals surface area contributed by atoms with Crippen molar-refractivity contribution in [1.82, 2.24) is 0 Å². The minimum absolute atomic E-state index is 0.00714. The topological polar surface area (TPSA) is 72.5 Å². The van der Waals surface area contributed by atoms with Gasteiger partial charge in [-0.1, -0.05) is 25.3 Å². The first-order chi connectivity index (χ1) is 10.6. The van der Waals surface area contributed by atoms with Crippen molar-refractivity contribution in [3.05, 3.63) is 29.3 Å². The molecule has 1 atom stereocenters. The van der Waals surface area contributed by atoms with Gasteiger partial charge in [-0.2, -0.15) is 0 Å². The van der Waals surface area contributed by atoms with Crippen molar-refractivity contribution in [3.8, 4) is 5.75 Å². The van der Waals surface area contributed by atoms with Crippen LogP contribution in [0.15, 0.2) is 18.2 Å². The molecule has 122 valence electrons. The molecule has 0 saturated heterocycles. The molecule has 1 fully saturated rings. The monoisotopic (exact) mass is 309 g/mol. The molecule has 5 heteroatoms. The highest BCUT2D eigenvalue weighted by molar-refractivity contribution is 5.73. The van der Waals surface area contributed by atoms with E-state index in [2.05, 4.69) is 0 Å². The van der Waals surface area contributed by atoms with E-state index in [9.17, 15) is 9.18 Å². The fourth-order valence-electron chi connectivity index (χ4n) is 3.14. The number of halogens is 1. The summed E-state index contributed by atoms with van der Waals surface area (Å²) in [6.45, 7) is -0.540. The normalized spacial score (nSPS) is 17.2. The molecule has 0 aromatic heterocycles. The number of rotatable bonds is 7. The summed E-state index contributed by atoms with van der Waals surface area (Å²) in [5, 5.41) is 9.05. The van der Waals surface area contributed by atoms with E-state index < -0.39 is 18.7 Å². The number of ether oxygens (including phenoxy) is 1. The van der Waals surface area contributed by atoms with Gasteiger partial charge in [0, 0.05) is 0 Å². The highest BCUT2D eigenvalue weighted by Gasteiger charge is 2.21. The number of benzene rings is 1. The minimum atomic E-state index is -1.01. The fourth-order valence-corrected chi connectivity index (χ4v) is 3.14. The van der Waals surface area contributed by atoms with Gasteiger partial charge >= 0.3 is 5.97 Å². The third-order valence-corrected chi connectivity index (χ3v) is 4.26. The van der Waals surface area contributed by atoms with E-state index in [-0.39, 0.29) is 13.0 Å². The summed E-state index contributed by atoms with van der Waals surface area (Å²) >= 11 is 0. The smallest absolute Gasteiger partial charge is 0.320 e. The second kappa shape index (κ2) is 8.13. The maximum Gasteiger partial charge on any atom is 0.320 e. The molecule has 1 unspecified atom stereocenters. The largest absolute Gasteiger partial charge is 0.491 e. The molecule has 0 spiro atoms. The first kappa shape index (κ1) is 16.7. The Hall–Kier alpha value is -1.62. The molecule has 2 rings (SSSR count). The van der Waals surface area contributed by atoms with Gasteiger partial charge in [0.2, 0.25) is 0 Å². The van der Waals surface area contributed by atoms with E-state index in [4.69, 9.17) is 15.6 Å². The summed E-state index contributed by atoms with van der Waals surface area (Å²) in [7, 11) is 0. The van der Waals surface area contributed by atoms with E-state index in [1.54, 1.807) is 0 Å². The van der Waals surface area contributed by atoms with Crippen molar-refractivity contribution >= 4 is 5.97 Å². The summed E-state index contributed by atoms with van der Waals surface area (Å²) in [5.41, 5.74) is 7.78. The highest BCUT2D eigenvalue weighted by atomic mass is 19.1. The molecule has 1 aliphatic rings. The Morgan fingerprint density at radius 2 is 2.09 bits per heavy atom. The molecule has 4 nitrogen and oxygen atoms in total. The van der Waals surface area contributed by atoms with Crippen LogP contribution in [0.25, 0.3) is 0 Å². The van der Waals surface area contributed by atoms with Gasteiger partial charge in [-0.05, 0) is 48.4 Å². The van der Waals surface area contributed by atoms with Crippen molar-refractivity contribution in [2.24, 2.45) is 5.73 Å². The number of aliphatic carboxylic acids is 1. The lowest BCUT2D eigenvalue weighted by Crippen LogP contribution is -2.32. The van der Waals surface area contributed by atoms with Crippen LogP contribution >= 0.6 is 0 Å². The molecular weight excluding hydrogens is 285 g/mol. The van der Waals surface area contributed by atoms with Crippen LogP contribution in [0, 0.1) is 0 Å². The van der Waals surface area contributed by atoms with Crippen molar-refractivity contribution in [1.29, 1.82) is 0 Å². The third-order valence-electron chi connectivity index (χ3n) is 4.26. The van der Waals surface area contributed by atoms with Gasteiger partial charge in [0.1, 0.15) is 25.1 Å². The number of hydrogen-bond donors (Lipinski definition) is 2. The van der Waals surface area contributed by atoms with E-state index in [1.807, 2.05) is 18.2 Å². The van der Waals surface area contributed by atoms with E-state index in [1.165, 1.54) is 24.8 Å². The Balaban J connectivity index is 2.23. The minimum Gasteiger partial charge on any atom is -0.491 e. The molecular formula is C17H24FNO3. The standard InChI is InChI=1S/C17H24FNO3/c18-8-9-22-14-6-7-15(12-4-2-1-3-5-12)13(10-14)11-16(19)17(20)21/h6-7,10,12,16H,1-5,8-9,11,19H2,(H,20,21). The molecule has 3 N–H and O–H groups in total. The average Bonchev–Trinajstić information content (AvgIpc) is 2.53. The summed E-state index contributed by atoms with van der Waals surface area (Å²) < 4.78 is 17.6. The molecule has 22 heavy (non-hydrogen) atoms. The SMILES string of the molecule is NC(Cc1cc(OCCF)ccc1C1CCCCC1)C(=O)O. The Bertz CT molecular complexity index is 501. The number of carboxylic acids is 1. The zero-order valence-electron chi connectivity index (χ0n) is 12.8. The molecule has 0 heterocycles. The molecule has 1 aliphatic carbocycles. The van der Waals surface area contributed by atoms with Gasteiger partial charge in [-0.15, -0.1) is 0 Å². The summed E-state index contributed by atoms with van der Waals surface area (Å²) in [6.07, 6.45) is 6.19. The van der Waals surface area contributed by atoms with Crippen LogP contribution in [-0.4, -0.2) is 30.4 Å². The zero-order valence-corrected chi connectivity index (χ0v) is 12.8. The van der Waals surface area contributed by atoms with Crippen molar-refractivity contribution < 1.29 is 19.0 Å². The number of carboxylic acid groups (broad SMARTS) is 1. The van der Waals surface area contributed by atoms with E-state index >= 15 is 0 Å². The molecule has 0 radical (unpaired) electrons. The quantitative estimate of drug-likeness (QED) is 0.812. The molecule has 1 aromatic carbocycles. The predicted octanol–water partition coefficient (Wildman–Crippen LogP) is 3.04. The molecule has 1 saturated carbocycles. The lowest BCUT2D eigenvalue weighted by Gasteiger charge is -2.25. The molecule has 0 amide bonds. The van der Waals surface area contributed by atoms with Gasteiger partial charge in [-0.3, -0.25) is 4.79 Å². The second-order valence-corrected chi connectivity index (χ2v) is 5.88. The van der Waals surface area contributed by atoms with Crippen LogP contribution in [-0.2, 0) is 11.2 Å². The van der Waals surface area contributed by atoms with Crippen LogP contribution in [0.5, 0.6) is 5.75 Å². The summed E-state index contributed by atoms with van der Waals surface area (Å²) in [6, 6.07) is 4.73. The first-order valence-electron chi connectivity index (χ1n) is 7.91.